The number of unbranched alkanes of at least 4 members (excludes halogenated alkanes) is 3. The van der Waals surface area contributed by atoms with Gasteiger partial charge >= 0.3 is 17.9 Å². The first-order valence-electron chi connectivity index (χ1n) is 7.18. The van der Waals surface area contributed by atoms with Gasteiger partial charge in [-0.2, -0.15) is 0 Å². The summed E-state index contributed by atoms with van der Waals surface area (Å²) in [6, 6.07) is 0. The second-order valence-corrected chi connectivity index (χ2v) is 5.36. The van der Waals surface area contributed by atoms with Crippen molar-refractivity contribution in [1.29, 1.82) is 0 Å². The van der Waals surface area contributed by atoms with Crippen LogP contribution in [-0.4, -0.2) is 56.6 Å². The van der Waals surface area contributed by atoms with Crippen LogP contribution < -0.4 is 0 Å². The van der Waals surface area contributed by atoms with Gasteiger partial charge in [0, 0.05) is 0 Å². The van der Waals surface area contributed by atoms with E-state index >= 15 is 0 Å². The predicted octanol–water partition coefficient (Wildman–Crippen LogP) is 0.541. The molecule has 0 fully saturated rings. The van der Waals surface area contributed by atoms with Crippen molar-refractivity contribution in [1.82, 2.24) is 0 Å². The molecule has 0 bridgehead atoms. The zero-order valence-electron chi connectivity index (χ0n) is 12.7. The number of ether oxygens (including phenoxy) is 1. The zero-order valence-corrected chi connectivity index (χ0v) is 12.7. The number of carbonyl (C=O) groups is 3. The van der Waals surface area contributed by atoms with E-state index in [1.54, 1.807) is 6.92 Å². The third-order valence-electron chi connectivity index (χ3n) is 3.06. The molecule has 22 heavy (non-hydrogen) atoms. The van der Waals surface area contributed by atoms with Crippen molar-refractivity contribution < 1.29 is 39.5 Å². The number of carbonyl (C=O) groups excluding carboxylic acids is 1. The summed E-state index contributed by atoms with van der Waals surface area (Å²) in [5, 5.41) is 36.1. The van der Waals surface area contributed by atoms with Crippen molar-refractivity contribution in [2.75, 3.05) is 6.61 Å². The molecular weight excluding hydrogens is 296 g/mol. The highest BCUT2D eigenvalue weighted by Gasteiger charge is 2.41. The summed E-state index contributed by atoms with van der Waals surface area (Å²) in [6.07, 6.45) is 1.51. The van der Waals surface area contributed by atoms with Crippen LogP contribution in [0.25, 0.3) is 0 Å². The van der Waals surface area contributed by atoms with E-state index in [1.807, 2.05) is 0 Å². The van der Waals surface area contributed by atoms with Crippen molar-refractivity contribution in [3.8, 4) is 0 Å². The fourth-order valence-electron chi connectivity index (χ4n) is 1.84. The number of rotatable bonds is 12. The lowest BCUT2D eigenvalue weighted by Gasteiger charge is -2.20. The van der Waals surface area contributed by atoms with Gasteiger partial charge in [0.15, 0.2) is 5.60 Å². The van der Waals surface area contributed by atoms with Gasteiger partial charge < -0.3 is 25.2 Å². The lowest BCUT2D eigenvalue weighted by atomic mass is 9.96. The summed E-state index contributed by atoms with van der Waals surface area (Å²) in [5.41, 5.74) is -2.65. The highest BCUT2D eigenvalue weighted by atomic mass is 16.5. The molecule has 2 atom stereocenters. The van der Waals surface area contributed by atoms with Gasteiger partial charge in [0.05, 0.1) is 25.6 Å². The van der Waals surface area contributed by atoms with E-state index < -0.39 is 36.4 Å². The largest absolute Gasteiger partial charge is 0.481 e. The Labute approximate surface area is 128 Å². The Bertz CT molecular complexity index is 379. The third-order valence-corrected chi connectivity index (χ3v) is 3.06. The molecule has 0 saturated heterocycles. The summed E-state index contributed by atoms with van der Waals surface area (Å²) >= 11 is 0. The molecule has 8 nitrogen and oxygen atoms in total. The van der Waals surface area contributed by atoms with E-state index in [0.29, 0.717) is 12.8 Å². The minimum atomic E-state index is -2.65. The number of aliphatic carboxylic acids is 2. The van der Waals surface area contributed by atoms with Crippen molar-refractivity contribution in [2.24, 2.45) is 0 Å². The van der Waals surface area contributed by atoms with Crippen LogP contribution in [0.4, 0.5) is 0 Å². The molecule has 0 rings (SSSR count). The van der Waals surface area contributed by atoms with Crippen LogP contribution in [0, 0.1) is 0 Å². The maximum atomic E-state index is 11.5. The van der Waals surface area contributed by atoms with Gasteiger partial charge in [0.1, 0.15) is 0 Å². The van der Waals surface area contributed by atoms with Gasteiger partial charge in [-0.05, 0) is 19.8 Å². The molecule has 0 aliphatic rings. The van der Waals surface area contributed by atoms with Crippen LogP contribution in [-0.2, 0) is 19.1 Å². The SMILES string of the molecule is CC(O)CCCCCCOC(=O)CC(O)(CC(=O)O)C(=O)O. The van der Waals surface area contributed by atoms with E-state index in [1.165, 1.54) is 0 Å². The average molecular weight is 320 g/mol. The van der Waals surface area contributed by atoms with Crippen LogP contribution >= 0.6 is 0 Å². The van der Waals surface area contributed by atoms with Crippen LogP contribution in [0.3, 0.4) is 0 Å². The molecule has 0 radical (unpaired) electrons. The molecule has 128 valence electrons. The van der Waals surface area contributed by atoms with E-state index in [9.17, 15) is 19.5 Å². The highest BCUT2D eigenvalue weighted by Crippen LogP contribution is 2.17. The number of aliphatic hydroxyl groups excluding tert-OH is 1. The van der Waals surface area contributed by atoms with Gasteiger partial charge in [-0.1, -0.05) is 19.3 Å². The summed E-state index contributed by atoms with van der Waals surface area (Å²) in [6.45, 7) is 1.79. The average Bonchev–Trinajstić information content (AvgIpc) is 2.35. The molecule has 0 aliphatic carbocycles. The van der Waals surface area contributed by atoms with E-state index in [-0.39, 0.29) is 12.7 Å². The molecule has 0 saturated carbocycles. The third kappa shape index (κ3) is 9.30. The van der Waals surface area contributed by atoms with E-state index in [2.05, 4.69) is 0 Å². The lowest BCUT2D eigenvalue weighted by molar-refractivity contribution is -0.172. The van der Waals surface area contributed by atoms with Gasteiger partial charge in [-0.25, -0.2) is 4.79 Å². The minimum Gasteiger partial charge on any atom is -0.481 e. The lowest BCUT2D eigenvalue weighted by Crippen LogP contribution is -2.43. The number of carboxylic acid groups (broad SMARTS) is 2. The molecule has 0 aromatic rings. The number of hydrogen-bond acceptors (Lipinski definition) is 6. The molecule has 0 aliphatic heterocycles. The fourth-order valence-corrected chi connectivity index (χ4v) is 1.84. The second-order valence-electron chi connectivity index (χ2n) is 5.36. The fraction of sp³-hybridized carbons (Fsp3) is 0.786. The van der Waals surface area contributed by atoms with Crippen LogP contribution in [0.15, 0.2) is 0 Å². The molecule has 8 heteroatoms. The smallest absolute Gasteiger partial charge is 0.336 e. The summed E-state index contributed by atoms with van der Waals surface area (Å²) in [5.74, 6) is -4.24. The van der Waals surface area contributed by atoms with Crippen molar-refractivity contribution in [3.63, 3.8) is 0 Å². The molecule has 0 aromatic heterocycles. The normalized spacial score (nSPS) is 14.9. The van der Waals surface area contributed by atoms with Crippen molar-refractivity contribution >= 4 is 17.9 Å². The maximum Gasteiger partial charge on any atom is 0.336 e. The van der Waals surface area contributed by atoms with Gasteiger partial charge in [-0.15, -0.1) is 0 Å². The Morgan fingerprint density at radius 1 is 1.05 bits per heavy atom. The Kier molecular flexibility index (Phi) is 9.35. The van der Waals surface area contributed by atoms with Crippen LogP contribution in [0.2, 0.25) is 0 Å². The molecule has 0 amide bonds. The number of esters is 1. The first kappa shape index (κ1) is 20.3. The number of carboxylic acids is 2. The quantitative estimate of drug-likeness (QED) is 0.301. The van der Waals surface area contributed by atoms with Gasteiger partial charge in [0.2, 0.25) is 0 Å². The number of aliphatic hydroxyl groups is 2. The molecule has 4 N–H and O–H groups in total. The monoisotopic (exact) mass is 320 g/mol. The summed E-state index contributed by atoms with van der Waals surface area (Å²) in [4.78, 5) is 32.8. The Balaban J connectivity index is 3.96. The number of hydrogen-bond donors (Lipinski definition) is 4. The van der Waals surface area contributed by atoms with Gasteiger partial charge in [-0.3, -0.25) is 9.59 Å². The predicted molar refractivity (Wildman–Crippen MR) is 75.2 cm³/mol. The van der Waals surface area contributed by atoms with Gasteiger partial charge in [0.25, 0.3) is 0 Å². The summed E-state index contributed by atoms with van der Waals surface area (Å²) in [7, 11) is 0. The molecule has 0 spiro atoms. The molecule has 0 aromatic carbocycles. The Morgan fingerprint density at radius 3 is 2.14 bits per heavy atom. The molecular formula is C14H24O8. The van der Waals surface area contributed by atoms with E-state index in [4.69, 9.17) is 20.1 Å². The Morgan fingerprint density at radius 2 is 1.64 bits per heavy atom. The maximum absolute atomic E-state index is 11.5. The molecule has 2 unspecified atom stereocenters. The van der Waals surface area contributed by atoms with E-state index in [0.717, 1.165) is 19.3 Å². The summed E-state index contributed by atoms with van der Waals surface area (Å²) < 4.78 is 4.79. The van der Waals surface area contributed by atoms with Crippen molar-refractivity contribution in [3.05, 3.63) is 0 Å². The molecule has 0 heterocycles. The zero-order chi connectivity index (χ0) is 17.2. The van der Waals surface area contributed by atoms with Crippen molar-refractivity contribution in [2.45, 2.75) is 63.6 Å². The van der Waals surface area contributed by atoms with Crippen LogP contribution in [0.1, 0.15) is 51.9 Å². The first-order valence-corrected chi connectivity index (χ1v) is 7.18. The highest BCUT2D eigenvalue weighted by molar-refractivity contribution is 5.88. The Hall–Kier alpha value is -1.67. The minimum absolute atomic E-state index is 0.0796. The topological polar surface area (TPSA) is 141 Å². The standard InChI is InChI=1S/C14H24O8/c1-10(15)6-4-2-3-5-7-22-12(18)9-14(21,13(19)20)8-11(16)17/h10,15,21H,2-9H2,1H3,(H,16,17)(H,19,20). The second kappa shape index (κ2) is 10.1. The van der Waals surface area contributed by atoms with Crippen LogP contribution in [0.5, 0.6) is 0 Å². The first-order chi connectivity index (χ1) is 10.2.